The molecule has 0 bridgehead atoms. The molecule has 3 nitrogen and oxygen atoms in total. The Bertz CT molecular complexity index is 323. The fourth-order valence-corrected chi connectivity index (χ4v) is 1.64. The van der Waals surface area contributed by atoms with Gasteiger partial charge < -0.3 is 10.4 Å². The molecule has 0 saturated heterocycles. The number of aromatic nitrogens is 1. The third kappa shape index (κ3) is 4.19. The number of aryl methyl sites for hydroxylation is 1. The molecular formula is C13H22N2O. The summed E-state index contributed by atoms with van der Waals surface area (Å²) in [5.74, 6) is 0.958. The van der Waals surface area contributed by atoms with Crippen LogP contribution in [-0.4, -0.2) is 23.2 Å². The van der Waals surface area contributed by atoms with Gasteiger partial charge in [0.15, 0.2) is 0 Å². The number of hydrogen-bond donors (Lipinski definition) is 2. The monoisotopic (exact) mass is 222 g/mol. The van der Waals surface area contributed by atoms with E-state index in [9.17, 15) is 0 Å². The normalized spacial score (nSPS) is 11.5. The average Bonchev–Trinajstić information content (AvgIpc) is 2.26. The van der Waals surface area contributed by atoms with E-state index >= 15 is 0 Å². The highest BCUT2D eigenvalue weighted by molar-refractivity contribution is 5.42. The zero-order chi connectivity index (χ0) is 12.0. The Labute approximate surface area is 97.9 Å². The molecule has 0 aliphatic rings. The molecule has 0 radical (unpaired) electrons. The van der Waals surface area contributed by atoms with E-state index in [1.54, 1.807) is 6.20 Å². The molecule has 3 heteroatoms. The molecule has 0 spiro atoms. The molecule has 0 aliphatic heterocycles. The van der Waals surface area contributed by atoms with Crippen LogP contribution in [0, 0.1) is 12.3 Å². The molecule has 1 rings (SSSR count). The zero-order valence-electron chi connectivity index (χ0n) is 10.5. The summed E-state index contributed by atoms with van der Waals surface area (Å²) in [6.07, 6.45) is 3.67. The van der Waals surface area contributed by atoms with Gasteiger partial charge in [0.2, 0.25) is 0 Å². The maximum Gasteiger partial charge on any atom is 0.128 e. The van der Waals surface area contributed by atoms with E-state index in [0.717, 1.165) is 25.2 Å². The lowest BCUT2D eigenvalue weighted by Crippen LogP contribution is -2.24. The molecule has 1 heterocycles. The van der Waals surface area contributed by atoms with Gasteiger partial charge in [0, 0.05) is 19.3 Å². The van der Waals surface area contributed by atoms with Crippen molar-refractivity contribution in [2.75, 3.05) is 18.5 Å². The Hall–Kier alpha value is -1.09. The molecule has 0 saturated carbocycles. The summed E-state index contributed by atoms with van der Waals surface area (Å²) < 4.78 is 0. The Kier molecular flexibility index (Phi) is 4.74. The van der Waals surface area contributed by atoms with Crippen molar-refractivity contribution in [1.29, 1.82) is 0 Å². The minimum absolute atomic E-state index is 0.187. The molecule has 1 aromatic heterocycles. The number of nitrogens with zero attached hydrogens (tertiary/aromatic N) is 1. The standard InChI is InChI=1S/C13H22N2O/c1-11-6-4-8-14-12(11)15-10-13(2,3)7-5-9-16/h4,6,8,16H,5,7,9-10H2,1-3H3,(H,14,15). The van der Waals surface area contributed by atoms with Crippen molar-refractivity contribution in [2.45, 2.75) is 33.6 Å². The number of nitrogens with one attached hydrogen (secondary N) is 1. The lowest BCUT2D eigenvalue weighted by molar-refractivity contribution is 0.248. The second-order valence-corrected chi connectivity index (χ2v) is 5.01. The lowest BCUT2D eigenvalue weighted by atomic mass is 9.88. The first-order valence-electron chi connectivity index (χ1n) is 5.81. The van der Waals surface area contributed by atoms with Gasteiger partial charge >= 0.3 is 0 Å². The predicted octanol–water partition coefficient (Wildman–Crippen LogP) is 2.60. The van der Waals surface area contributed by atoms with Crippen LogP contribution in [-0.2, 0) is 0 Å². The Morgan fingerprint density at radius 3 is 2.81 bits per heavy atom. The minimum atomic E-state index is 0.187. The van der Waals surface area contributed by atoms with Gasteiger partial charge in [0.05, 0.1) is 0 Å². The topological polar surface area (TPSA) is 45.2 Å². The molecule has 16 heavy (non-hydrogen) atoms. The van der Waals surface area contributed by atoms with Crippen LogP contribution in [0.1, 0.15) is 32.3 Å². The SMILES string of the molecule is Cc1cccnc1NCC(C)(C)CCCO. The Balaban J connectivity index is 2.47. The second-order valence-electron chi connectivity index (χ2n) is 5.01. The fraction of sp³-hybridized carbons (Fsp3) is 0.615. The van der Waals surface area contributed by atoms with E-state index < -0.39 is 0 Å². The van der Waals surface area contributed by atoms with Crippen LogP contribution in [0.4, 0.5) is 5.82 Å². The smallest absolute Gasteiger partial charge is 0.128 e. The van der Waals surface area contributed by atoms with Crippen molar-refractivity contribution in [3.63, 3.8) is 0 Å². The zero-order valence-corrected chi connectivity index (χ0v) is 10.5. The lowest BCUT2D eigenvalue weighted by Gasteiger charge is -2.25. The van der Waals surface area contributed by atoms with Gasteiger partial charge in [0.25, 0.3) is 0 Å². The van der Waals surface area contributed by atoms with Crippen molar-refractivity contribution in [2.24, 2.45) is 5.41 Å². The quantitative estimate of drug-likeness (QED) is 0.777. The van der Waals surface area contributed by atoms with Crippen molar-refractivity contribution < 1.29 is 5.11 Å². The average molecular weight is 222 g/mol. The van der Waals surface area contributed by atoms with E-state index in [1.807, 2.05) is 6.07 Å². The molecule has 90 valence electrons. The van der Waals surface area contributed by atoms with E-state index in [1.165, 1.54) is 5.56 Å². The van der Waals surface area contributed by atoms with Crippen LogP contribution in [0.5, 0.6) is 0 Å². The molecule has 1 aromatic rings. The number of pyridine rings is 1. The summed E-state index contributed by atoms with van der Waals surface area (Å²) in [5, 5.41) is 12.2. The number of hydrogen-bond acceptors (Lipinski definition) is 3. The number of aliphatic hydroxyl groups excluding tert-OH is 1. The maximum absolute atomic E-state index is 8.83. The summed E-state index contributed by atoms with van der Waals surface area (Å²) in [4.78, 5) is 4.30. The summed E-state index contributed by atoms with van der Waals surface area (Å²) >= 11 is 0. The highest BCUT2D eigenvalue weighted by Gasteiger charge is 2.17. The van der Waals surface area contributed by atoms with E-state index in [4.69, 9.17) is 5.11 Å². The molecule has 2 N–H and O–H groups in total. The van der Waals surface area contributed by atoms with Gasteiger partial charge in [-0.2, -0.15) is 0 Å². The summed E-state index contributed by atoms with van der Waals surface area (Å²) in [6.45, 7) is 7.61. The van der Waals surface area contributed by atoms with E-state index in [-0.39, 0.29) is 12.0 Å². The summed E-state index contributed by atoms with van der Waals surface area (Å²) in [7, 11) is 0. The largest absolute Gasteiger partial charge is 0.396 e. The third-order valence-corrected chi connectivity index (χ3v) is 2.76. The fourth-order valence-electron chi connectivity index (χ4n) is 1.64. The highest BCUT2D eigenvalue weighted by Crippen LogP contribution is 2.23. The van der Waals surface area contributed by atoms with Gasteiger partial charge in [-0.1, -0.05) is 19.9 Å². The molecule has 0 aliphatic carbocycles. The minimum Gasteiger partial charge on any atom is -0.396 e. The highest BCUT2D eigenvalue weighted by atomic mass is 16.2. The Morgan fingerprint density at radius 1 is 1.44 bits per heavy atom. The van der Waals surface area contributed by atoms with Crippen LogP contribution in [0.3, 0.4) is 0 Å². The number of aliphatic hydroxyl groups is 1. The molecule has 0 fully saturated rings. The van der Waals surface area contributed by atoms with Crippen molar-refractivity contribution >= 4 is 5.82 Å². The first-order valence-corrected chi connectivity index (χ1v) is 5.81. The Morgan fingerprint density at radius 2 is 2.19 bits per heavy atom. The van der Waals surface area contributed by atoms with Crippen LogP contribution in [0.15, 0.2) is 18.3 Å². The van der Waals surface area contributed by atoms with E-state index in [2.05, 4.69) is 37.1 Å². The predicted molar refractivity (Wildman–Crippen MR) is 67.6 cm³/mol. The molecule has 0 amide bonds. The van der Waals surface area contributed by atoms with Crippen molar-refractivity contribution in [3.8, 4) is 0 Å². The van der Waals surface area contributed by atoms with E-state index in [0.29, 0.717) is 0 Å². The van der Waals surface area contributed by atoms with Crippen molar-refractivity contribution in [3.05, 3.63) is 23.9 Å². The molecule has 0 atom stereocenters. The summed E-state index contributed by atoms with van der Waals surface area (Å²) in [6, 6.07) is 3.99. The molecule has 0 aromatic carbocycles. The maximum atomic E-state index is 8.83. The summed E-state index contributed by atoms with van der Waals surface area (Å²) in [5.41, 5.74) is 1.35. The van der Waals surface area contributed by atoms with Crippen LogP contribution in [0.2, 0.25) is 0 Å². The second kappa shape index (κ2) is 5.85. The third-order valence-electron chi connectivity index (χ3n) is 2.76. The first kappa shape index (κ1) is 13.0. The molecular weight excluding hydrogens is 200 g/mol. The van der Waals surface area contributed by atoms with Crippen LogP contribution >= 0.6 is 0 Å². The van der Waals surface area contributed by atoms with Gasteiger partial charge in [-0.05, 0) is 36.8 Å². The van der Waals surface area contributed by atoms with Crippen LogP contribution < -0.4 is 5.32 Å². The van der Waals surface area contributed by atoms with Crippen LogP contribution in [0.25, 0.3) is 0 Å². The van der Waals surface area contributed by atoms with Gasteiger partial charge in [-0.15, -0.1) is 0 Å². The van der Waals surface area contributed by atoms with Gasteiger partial charge in [-0.25, -0.2) is 4.98 Å². The molecule has 0 unspecified atom stereocenters. The van der Waals surface area contributed by atoms with Crippen molar-refractivity contribution in [1.82, 2.24) is 4.98 Å². The van der Waals surface area contributed by atoms with Gasteiger partial charge in [0.1, 0.15) is 5.82 Å². The number of anilines is 1. The number of rotatable bonds is 6. The first-order chi connectivity index (χ1) is 7.55. The van der Waals surface area contributed by atoms with Gasteiger partial charge in [-0.3, -0.25) is 0 Å².